The number of nitrogens with zero attached hydrogens (tertiary/aromatic N) is 2. The molecule has 0 saturated heterocycles. The summed E-state index contributed by atoms with van der Waals surface area (Å²) in [5, 5.41) is 2.48. The van der Waals surface area contributed by atoms with Crippen LogP contribution in [0.5, 0.6) is 0 Å². The third-order valence-electron chi connectivity index (χ3n) is 4.84. The third-order valence-corrected chi connectivity index (χ3v) is 6.97. The van der Waals surface area contributed by atoms with Crippen LogP contribution in [0.1, 0.15) is 31.6 Å². The Kier molecular flexibility index (Phi) is 5.46. The Hall–Kier alpha value is -2.95. The van der Waals surface area contributed by atoms with Crippen molar-refractivity contribution in [2.24, 2.45) is 5.73 Å². The first kappa shape index (κ1) is 21.3. The second kappa shape index (κ2) is 7.95. The molecule has 1 fully saturated rings. The Morgan fingerprint density at radius 3 is 2.65 bits per heavy atom. The maximum absolute atomic E-state index is 13.3. The van der Waals surface area contributed by atoms with Crippen molar-refractivity contribution in [1.29, 1.82) is 0 Å². The Labute approximate surface area is 183 Å². The lowest BCUT2D eigenvalue weighted by atomic mass is 10.2. The number of benzene rings is 2. The van der Waals surface area contributed by atoms with Crippen molar-refractivity contribution in [3.05, 3.63) is 63.7 Å². The van der Waals surface area contributed by atoms with Gasteiger partial charge in [0, 0.05) is 5.69 Å². The van der Waals surface area contributed by atoms with Gasteiger partial charge in [-0.3, -0.25) is 9.36 Å². The Bertz CT molecular complexity index is 1350. The van der Waals surface area contributed by atoms with Crippen molar-refractivity contribution in [2.45, 2.75) is 31.1 Å². The van der Waals surface area contributed by atoms with Gasteiger partial charge in [-0.1, -0.05) is 23.7 Å². The van der Waals surface area contributed by atoms with Crippen LogP contribution < -0.4 is 21.3 Å². The van der Waals surface area contributed by atoms with Gasteiger partial charge in [0.25, 0.3) is 5.56 Å². The first-order valence-corrected chi connectivity index (χ1v) is 11.5. The number of nitrogens with one attached hydrogen (secondary N) is 2. The van der Waals surface area contributed by atoms with Gasteiger partial charge in [0.1, 0.15) is 5.82 Å². The highest BCUT2D eigenvalue weighted by Gasteiger charge is 2.36. The minimum atomic E-state index is -3.68. The molecular formula is C20H20ClN5O4S. The Balaban J connectivity index is 1.74. The van der Waals surface area contributed by atoms with E-state index in [0.717, 1.165) is 0 Å². The lowest BCUT2D eigenvalue weighted by molar-refractivity contribution is 0.256. The molecule has 1 aromatic heterocycles. The molecule has 3 aromatic rings. The number of fused-ring (bicyclic) bond motifs is 1. The maximum Gasteiger partial charge on any atom is 0.332 e. The number of rotatable bonds is 5. The highest BCUT2D eigenvalue weighted by Crippen LogP contribution is 2.27. The van der Waals surface area contributed by atoms with E-state index in [2.05, 4.69) is 10.3 Å². The molecule has 4 rings (SSSR count). The van der Waals surface area contributed by atoms with E-state index in [1.54, 1.807) is 43.3 Å². The van der Waals surface area contributed by atoms with E-state index < -0.39 is 32.9 Å². The molecule has 1 saturated carbocycles. The number of hydrogen-bond acceptors (Lipinski definition) is 6. The van der Waals surface area contributed by atoms with Crippen LogP contribution in [0.25, 0.3) is 16.6 Å². The number of amides is 2. The lowest BCUT2D eigenvalue weighted by Gasteiger charge is -2.17. The van der Waals surface area contributed by atoms with Gasteiger partial charge in [-0.05, 0) is 50.1 Å². The number of hydrogen-bond donors (Lipinski definition) is 3. The van der Waals surface area contributed by atoms with Crippen LogP contribution in [0.2, 0.25) is 5.02 Å². The predicted octanol–water partition coefficient (Wildman–Crippen LogP) is 2.67. The second-order valence-electron chi connectivity index (χ2n) is 7.38. The molecule has 2 amide bonds. The number of carbonyl (C=O) groups excluding carboxylic acids is 1. The van der Waals surface area contributed by atoms with Gasteiger partial charge in [0.2, 0.25) is 10.0 Å². The molecule has 0 radical (unpaired) electrons. The van der Waals surface area contributed by atoms with Crippen LogP contribution in [0.3, 0.4) is 0 Å². The van der Waals surface area contributed by atoms with Gasteiger partial charge in [-0.2, -0.15) is 0 Å². The van der Waals surface area contributed by atoms with Crippen LogP contribution in [-0.4, -0.2) is 29.2 Å². The molecule has 11 heteroatoms. The fourth-order valence-electron chi connectivity index (χ4n) is 3.23. The maximum atomic E-state index is 13.3. The van der Waals surface area contributed by atoms with Gasteiger partial charge < -0.3 is 11.1 Å². The summed E-state index contributed by atoms with van der Waals surface area (Å²) in [7, 11) is -3.68. The van der Waals surface area contributed by atoms with E-state index in [1.807, 2.05) is 4.72 Å². The van der Waals surface area contributed by atoms with E-state index >= 15 is 0 Å². The van der Waals surface area contributed by atoms with Crippen LogP contribution in [-0.2, 0) is 10.0 Å². The number of nitrogens with two attached hydrogens (primary N) is 1. The molecule has 0 spiro atoms. The summed E-state index contributed by atoms with van der Waals surface area (Å²) in [4.78, 5) is 29.9. The highest BCUT2D eigenvalue weighted by atomic mass is 35.5. The first-order valence-electron chi connectivity index (χ1n) is 9.57. The zero-order chi connectivity index (χ0) is 22.3. The first-order chi connectivity index (χ1) is 14.7. The summed E-state index contributed by atoms with van der Waals surface area (Å²) in [6.07, 6.45) is 1.08. The van der Waals surface area contributed by atoms with E-state index in [4.69, 9.17) is 17.3 Å². The number of anilines is 1. The standard InChI is InChI=1S/C20H20ClN5O4S/c1-11(22)18-24-16-7-3-6-15(21)17(16)19(27)26(18)13-5-2-4-12(10-13)23-20(28)25-31(29,30)14-8-9-14/h2-7,10-11,14H,8-9,22H2,1H3,(H2,23,25,28)/t11-/m0/s1. The summed E-state index contributed by atoms with van der Waals surface area (Å²) in [6, 6.07) is 9.92. The summed E-state index contributed by atoms with van der Waals surface area (Å²) >= 11 is 6.24. The van der Waals surface area contributed by atoms with Crippen molar-refractivity contribution in [1.82, 2.24) is 14.3 Å². The normalized spacial score (nSPS) is 14.9. The van der Waals surface area contributed by atoms with E-state index in [0.29, 0.717) is 35.6 Å². The third kappa shape index (κ3) is 4.27. The molecule has 1 aliphatic rings. The average molecular weight is 462 g/mol. The fraction of sp³-hybridized carbons (Fsp3) is 0.250. The fourth-order valence-corrected chi connectivity index (χ4v) is 4.72. The van der Waals surface area contributed by atoms with Gasteiger partial charge in [0.15, 0.2) is 0 Å². The van der Waals surface area contributed by atoms with Crippen molar-refractivity contribution >= 4 is 44.2 Å². The van der Waals surface area contributed by atoms with Crippen LogP contribution in [0.4, 0.5) is 10.5 Å². The van der Waals surface area contributed by atoms with Gasteiger partial charge >= 0.3 is 6.03 Å². The molecule has 0 bridgehead atoms. The molecule has 9 nitrogen and oxygen atoms in total. The molecule has 1 aliphatic carbocycles. The smallest absolute Gasteiger partial charge is 0.322 e. The van der Waals surface area contributed by atoms with E-state index in [9.17, 15) is 18.0 Å². The summed E-state index contributed by atoms with van der Waals surface area (Å²) < 4.78 is 27.2. The van der Waals surface area contributed by atoms with Gasteiger partial charge in [0.05, 0.1) is 32.9 Å². The number of sulfonamides is 1. The molecular weight excluding hydrogens is 442 g/mol. The van der Waals surface area contributed by atoms with E-state index in [1.165, 1.54) is 10.6 Å². The number of aromatic nitrogens is 2. The second-order valence-corrected chi connectivity index (χ2v) is 9.75. The van der Waals surface area contributed by atoms with Crippen LogP contribution in [0.15, 0.2) is 47.3 Å². The quantitative estimate of drug-likeness (QED) is 0.534. The van der Waals surface area contributed by atoms with Gasteiger partial charge in [-0.15, -0.1) is 0 Å². The number of halogens is 1. The highest BCUT2D eigenvalue weighted by molar-refractivity contribution is 7.90. The molecule has 2 aromatic carbocycles. The zero-order valence-corrected chi connectivity index (χ0v) is 18.1. The van der Waals surface area contributed by atoms with Gasteiger partial charge in [-0.25, -0.2) is 22.9 Å². The monoisotopic (exact) mass is 461 g/mol. The summed E-state index contributed by atoms with van der Waals surface area (Å²) in [6.45, 7) is 1.70. The molecule has 0 unspecified atom stereocenters. The van der Waals surface area contributed by atoms with Crippen LogP contribution >= 0.6 is 11.6 Å². The molecule has 1 atom stereocenters. The molecule has 31 heavy (non-hydrogen) atoms. The summed E-state index contributed by atoms with van der Waals surface area (Å²) in [5.74, 6) is 0.317. The minimum absolute atomic E-state index is 0.250. The van der Waals surface area contributed by atoms with E-state index in [-0.39, 0.29) is 10.4 Å². The number of carbonyl (C=O) groups is 1. The minimum Gasteiger partial charge on any atom is -0.322 e. The largest absolute Gasteiger partial charge is 0.332 e. The number of urea groups is 1. The van der Waals surface area contributed by atoms with Crippen LogP contribution in [0, 0.1) is 0 Å². The molecule has 1 heterocycles. The lowest BCUT2D eigenvalue weighted by Crippen LogP contribution is -2.36. The Morgan fingerprint density at radius 1 is 1.26 bits per heavy atom. The van der Waals surface area contributed by atoms with Crippen molar-refractivity contribution in [3.8, 4) is 5.69 Å². The Morgan fingerprint density at radius 2 is 1.97 bits per heavy atom. The SMILES string of the molecule is C[C@H](N)c1nc2cccc(Cl)c2c(=O)n1-c1cccc(NC(=O)NS(=O)(=O)C2CC2)c1. The predicted molar refractivity (Wildman–Crippen MR) is 119 cm³/mol. The summed E-state index contributed by atoms with van der Waals surface area (Å²) in [5.41, 5.74) is 6.79. The molecule has 162 valence electrons. The molecule has 4 N–H and O–H groups in total. The average Bonchev–Trinajstić information content (AvgIpc) is 3.53. The van der Waals surface area contributed by atoms with Crippen molar-refractivity contribution in [3.63, 3.8) is 0 Å². The molecule has 0 aliphatic heterocycles. The van der Waals surface area contributed by atoms with Crippen molar-refractivity contribution in [2.75, 3.05) is 5.32 Å². The van der Waals surface area contributed by atoms with Crippen molar-refractivity contribution < 1.29 is 13.2 Å². The zero-order valence-electron chi connectivity index (χ0n) is 16.5. The topological polar surface area (TPSA) is 136 Å².